The minimum Gasteiger partial charge on any atom is -0.478 e. The van der Waals surface area contributed by atoms with Gasteiger partial charge in [-0.15, -0.1) is 13.2 Å². The molecule has 1 rings (SSSR count). The number of aromatic carboxylic acids is 1. The Labute approximate surface area is 139 Å². The van der Waals surface area contributed by atoms with Crippen LogP contribution in [0.25, 0.3) is 0 Å². The highest BCUT2D eigenvalue weighted by molar-refractivity contribution is 9.11. The predicted molar refractivity (Wildman–Crippen MR) is 89.8 cm³/mol. The monoisotopic (exact) mass is 416 g/mol. The molecule has 0 saturated heterocycles. The van der Waals surface area contributed by atoms with Gasteiger partial charge in [-0.25, -0.2) is 9.59 Å². The molecule has 0 fully saturated rings. The highest BCUT2D eigenvalue weighted by Gasteiger charge is 2.19. The minimum atomic E-state index is -1.13. The molecule has 0 radical (unpaired) electrons. The van der Waals surface area contributed by atoms with E-state index in [1.54, 1.807) is 18.2 Å². The number of amides is 2. The number of carbonyl (C=O) groups is 2. The number of carbonyl (C=O) groups excluding carboxylic acids is 1. The second kappa shape index (κ2) is 7.99. The molecule has 0 bridgehead atoms. The van der Waals surface area contributed by atoms with E-state index in [-0.39, 0.29) is 11.3 Å². The Balaban J connectivity index is 3.11. The van der Waals surface area contributed by atoms with E-state index < -0.39 is 12.0 Å². The highest BCUT2D eigenvalue weighted by Crippen LogP contribution is 2.31. The maximum absolute atomic E-state index is 12.2. The van der Waals surface area contributed by atoms with Crippen LogP contribution in [0.2, 0.25) is 0 Å². The molecule has 1 aromatic rings. The molecular weight excluding hydrogens is 404 g/mol. The number of rotatable bonds is 6. The Morgan fingerprint density at radius 1 is 1.24 bits per heavy atom. The van der Waals surface area contributed by atoms with Crippen LogP contribution in [0, 0.1) is 0 Å². The summed E-state index contributed by atoms with van der Waals surface area (Å²) in [6, 6.07) is 2.65. The Hall–Kier alpha value is -1.60. The second-order valence-corrected chi connectivity index (χ2v) is 5.80. The van der Waals surface area contributed by atoms with Gasteiger partial charge in [-0.1, -0.05) is 28.1 Å². The zero-order valence-corrected chi connectivity index (χ0v) is 14.3. The molecule has 5 nitrogen and oxygen atoms in total. The highest BCUT2D eigenvalue weighted by atomic mass is 79.9. The van der Waals surface area contributed by atoms with E-state index in [2.05, 4.69) is 50.3 Å². The van der Waals surface area contributed by atoms with Crippen LogP contribution in [0.1, 0.15) is 10.4 Å². The first-order valence-corrected chi connectivity index (χ1v) is 7.49. The van der Waals surface area contributed by atoms with E-state index >= 15 is 0 Å². The Morgan fingerprint density at radius 2 is 1.81 bits per heavy atom. The number of benzene rings is 1. The van der Waals surface area contributed by atoms with Crippen LogP contribution in [0.15, 0.2) is 46.4 Å². The number of urea groups is 1. The third-order valence-corrected chi connectivity index (χ3v) is 3.59. The number of carboxylic acid groups (broad SMARTS) is 1. The fourth-order valence-electron chi connectivity index (χ4n) is 1.61. The first kappa shape index (κ1) is 17.5. The predicted octanol–water partition coefficient (Wildman–Crippen LogP) is 4.12. The molecule has 0 aliphatic heterocycles. The summed E-state index contributed by atoms with van der Waals surface area (Å²) < 4.78 is 1.07. The van der Waals surface area contributed by atoms with Crippen LogP contribution in [0.4, 0.5) is 10.5 Å². The Kier molecular flexibility index (Phi) is 6.64. The van der Waals surface area contributed by atoms with Gasteiger partial charge in [0.05, 0.1) is 11.3 Å². The molecule has 0 aliphatic rings. The van der Waals surface area contributed by atoms with E-state index in [0.29, 0.717) is 22.0 Å². The number of halogens is 2. The molecule has 0 atom stereocenters. The molecule has 0 spiro atoms. The molecule has 2 N–H and O–H groups in total. The van der Waals surface area contributed by atoms with Crippen LogP contribution in [0.3, 0.4) is 0 Å². The number of nitrogens with zero attached hydrogens (tertiary/aromatic N) is 1. The van der Waals surface area contributed by atoms with Crippen molar-refractivity contribution in [3.8, 4) is 0 Å². The summed E-state index contributed by atoms with van der Waals surface area (Å²) in [5, 5.41) is 11.8. The number of carboxylic acids is 1. The first-order valence-electron chi connectivity index (χ1n) is 5.90. The normalized spacial score (nSPS) is 9.81. The summed E-state index contributed by atoms with van der Waals surface area (Å²) in [6.45, 7) is 7.82. The average molecular weight is 418 g/mol. The fraction of sp³-hybridized carbons (Fsp3) is 0.143. The van der Waals surface area contributed by atoms with Crippen molar-refractivity contribution in [2.75, 3.05) is 18.4 Å². The standard InChI is InChI=1S/C14H14Br2N2O3/c1-3-5-18(6-4-2)14(21)17-12-10(13(19)20)7-9(15)8-11(12)16/h3-4,7-8H,1-2,5-6H2,(H,17,21)(H,19,20). The summed E-state index contributed by atoms with van der Waals surface area (Å²) in [5.74, 6) is -1.13. The van der Waals surface area contributed by atoms with Crippen molar-refractivity contribution in [1.29, 1.82) is 0 Å². The van der Waals surface area contributed by atoms with E-state index in [9.17, 15) is 14.7 Å². The number of hydrogen-bond donors (Lipinski definition) is 2. The lowest BCUT2D eigenvalue weighted by Gasteiger charge is -2.21. The molecule has 1 aromatic carbocycles. The van der Waals surface area contributed by atoms with Crippen molar-refractivity contribution in [2.45, 2.75) is 0 Å². The largest absolute Gasteiger partial charge is 0.478 e. The molecule has 0 unspecified atom stereocenters. The second-order valence-electron chi connectivity index (χ2n) is 4.03. The Bertz CT molecular complexity index is 578. The van der Waals surface area contributed by atoms with Gasteiger partial charge in [-0.3, -0.25) is 0 Å². The molecular formula is C14H14Br2N2O3. The van der Waals surface area contributed by atoms with Crippen molar-refractivity contribution in [3.63, 3.8) is 0 Å². The molecule has 112 valence electrons. The fourth-order valence-corrected chi connectivity index (χ4v) is 2.93. The van der Waals surface area contributed by atoms with Gasteiger partial charge >= 0.3 is 12.0 Å². The zero-order valence-electron chi connectivity index (χ0n) is 11.1. The number of hydrogen-bond acceptors (Lipinski definition) is 2. The van der Waals surface area contributed by atoms with Gasteiger partial charge in [-0.2, -0.15) is 0 Å². The summed E-state index contributed by atoms with van der Waals surface area (Å²) in [7, 11) is 0. The van der Waals surface area contributed by atoms with Crippen LogP contribution < -0.4 is 5.32 Å². The van der Waals surface area contributed by atoms with Crippen LogP contribution in [-0.2, 0) is 0 Å². The first-order chi connectivity index (χ1) is 9.90. The summed E-state index contributed by atoms with van der Waals surface area (Å²) in [6.07, 6.45) is 3.16. The molecule has 0 aliphatic carbocycles. The van der Waals surface area contributed by atoms with Crippen LogP contribution in [0.5, 0.6) is 0 Å². The summed E-state index contributed by atoms with van der Waals surface area (Å²) in [4.78, 5) is 24.9. The van der Waals surface area contributed by atoms with Gasteiger partial charge in [0.2, 0.25) is 0 Å². The molecule has 2 amide bonds. The van der Waals surface area contributed by atoms with Crippen molar-refractivity contribution in [1.82, 2.24) is 4.90 Å². The maximum Gasteiger partial charge on any atom is 0.337 e. The summed E-state index contributed by atoms with van der Waals surface area (Å²) >= 11 is 6.47. The van der Waals surface area contributed by atoms with Crippen LogP contribution in [-0.4, -0.2) is 35.1 Å². The van der Waals surface area contributed by atoms with E-state index in [1.165, 1.54) is 11.0 Å². The van der Waals surface area contributed by atoms with Crippen LogP contribution >= 0.6 is 31.9 Å². The minimum absolute atomic E-state index is 0.0123. The van der Waals surface area contributed by atoms with E-state index in [4.69, 9.17) is 0 Å². The molecule has 7 heteroatoms. The van der Waals surface area contributed by atoms with Gasteiger partial charge < -0.3 is 15.3 Å². The molecule has 0 saturated carbocycles. The van der Waals surface area contributed by atoms with Crippen molar-refractivity contribution < 1.29 is 14.7 Å². The maximum atomic E-state index is 12.2. The Morgan fingerprint density at radius 3 is 2.29 bits per heavy atom. The number of nitrogens with one attached hydrogen (secondary N) is 1. The topological polar surface area (TPSA) is 69.6 Å². The lowest BCUT2D eigenvalue weighted by atomic mass is 10.2. The average Bonchev–Trinajstić information content (AvgIpc) is 2.40. The summed E-state index contributed by atoms with van der Waals surface area (Å²) in [5.41, 5.74) is 0.190. The lowest BCUT2D eigenvalue weighted by Crippen LogP contribution is -2.35. The van der Waals surface area contributed by atoms with Crippen molar-refractivity contribution >= 4 is 49.5 Å². The lowest BCUT2D eigenvalue weighted by molar-refractivity contribution is 0.0698. The quantitative estimate of drug-likeness (QED) is 0.684. The number of anilines is 1. The van der Waals surface area contributed by atoms with E-state index in [0.717, 1.165) is 0 Å². The molecule has 0 heterocycles. The third-order valence-electron chi connectivity index (χ3n) is 2.50. The smallest absolute Gasteiger partial charge is 0.337 e. The SMILES string of the molecule is C=CCN(CC=C)C(=O)Nc1c(Br)cc(Br)cc1C(=O)O. The van der Waals surface area contributed by atoms with Gasteiger partial charge in [0, 0.05) is 22.0 Å². The van der Waals surface area contributed by atoms with Gasteiger partial charge in [0.25, 0.3) is 0 Å². The van der Waals surface area contributed by atoms with Crippen molar-refractivity contribution in [2.24, 2.45) is 0 Å². The molecule has 21 heavy (non-hydrogen) atoms. The molecule has 0 aromatic heterocycles. The third kappa shape index (κ3) is 4.71. The van der Waals surface area contributed by atoms with Gasteiger partial charge in [-0.05, 0) is 28.1 Å². The van der Waals surface area contributed by atoms with Crippen molar-refractivity contribution in [3.05, 3.63) is 52.0 Å². The zero-order chi connectivity index (χ0) is 16.0. The van der Waals surface area contributed by atoms with Gasteiger partial charge in [0.15, 0.2) is 0 Å². The van der Waals surface area contributed by atoms with E-state index in [1.807, 2.05) is 0 Å². The van der Waals surface area contributed by atoms with Gasteiger partial charge in [0.1, 0.15) is 0 Å².